The highest BCUT2D eigenvalue weighted by Crippen LogP contribution is 2.38. The zero-order valence-corrected chi connectivity index (χ0v) is 9.23. The Morgan fingerprint density at radius 2 is 2.23 bits per heavy atom. The summed E-state index contributed by atoms with van der Waals surface area (Å²) in [6.07, 6.45) is 4.22. The quantitative estimate of drug-likeness (QED) is 0.709. The Labute approximate surface area is 82.0 Å². The van der Waals surface area contributed by atoms with Crippen molar-refractivity contribution in [3.05, 3.63) is 0 Å². The molecule has 0 aromatic heterocycles. The summed E-state index contributed by atoms with van der Waals surface area (Å²) in [5, 5.41) is 3.47. The van der Waals surface area contributed by atoms with Crippen LogP contribution in [-0.2, 0) is 4.74 Å². The molecule has 0 amide bonds. The van der Waals surface area contributed by atoms with Gasteiger partial charge in [-0.05, 0) is 26.3 Å². The van der Waals surface area contributed by atoms with E-state index in [0.717, 1.165) is 19.7 Å². The predicted octanol–water partition coefficient (Wildman–Crippen LogP) is 2.19. The van der Waals surface area contributed by atoms with Crippen molar-refractivity contribution in [1.29, 1.82) is 0 Å². The molecule has 0 spiro atoms. The van der Waals surface area contributed by atoms with Crippen LogP contribution in [0.2, 0.25) is 0 Å². The van der Waals surface area contributed by atoms with Crippen LogP contribution in [-0.4, -0.2) is 25.8 Å². The van der Waals surface area contributed by atoms with Crippen LogP contribution in [0.4, 0.5) is 0 Å². The van der Waals surface area contributed by atoms with Gasteiger partial charge >= 0.3 is 0 Å². The summed E-state index contributed by atoms with van der Waals surface area (Å²) in [7, 11) is 0. The molecule has 1 saturated heterocycles. The van der Waals surface area contributed by atoms with Gasteiger partial charge in [-0.1, -0.05) is 20.3 Å². The Bertz CT molecular complexity index is 149. The van der Waals surface area contributed by atoms with Crippen molar-refractivity contribution >= 4 is 0 Å². The van der Waals surface area contributed by atoms with E-state index in [0.29, 0.717) is 11.5 Å². The average molecular weight is 185 g/mol. The van der Waals surface area contributed by atoms with E-state index in [9.17, 15) is 0 Å². The van der Waals surface area contributed by atoms with Gasteiger partial charge in [-0.15, -0.1) is 0 Å². The molecule has 0 aromatic carbocycles. The van der Waals surface area contributed by atoms with Gasteiger partial charge in [-0.2, -0.15) is 0 Å². The molecule has 0 saturated carbocycles. The first kappa shape index (κ1) is 11.0. The van der Waals surface area contributed by atoms with Crippen molar-refractivity contribution in [2.75, 3.05) is 19.7 Å². The summed E-state index contributed by atoms with van der Waals surface area (Å²) in [6, 6.07) is 0. The molecular weight excluding hydrogens is 162 g/mol. The van der Waals surface area contributed by atoms with Crippen molar-refractivity contribution in [3.63, 3.8) is 0 Å². The fourth-order valence-corrected chi connectivity index (χ4v) is 2.34. The fraction of sp³-hybridized carbons (Fsp3) is 1.00. The van der Waals surface area contributed by atoms with Gasteiger partial charge < -0.3 is 10.1 Å². The first-order valence-electron chi connectivity index (χ1n) is 5.57. The second-order valence-electron chi connectivity index (χ2n) is 4.16. The first-order valence-corrected chi connectivity index (χ1v) is 5.57. The van der Waals surface area contributed by atoms with Crippen molar-refractivity contribution in [1.82, 2.24) is 5.32 Å². The molecule has 0 radical (unpaired) electrons. The zero-order chi connectivity index (χ0) is 9.73. The lowest BCUT2D eigenvalue weighted by atomic mass is 9.77. The largest absolute Gasteiger partial charge is 0.378 e. The first-order chi connectivity index (χ1) is 6.25. The standard InChI is InChI=1S/C11H23NO/c1-4-6-11(9-12-5-2)7-8-13-10(11)3/h10,12H,4-9H2,1-3H3. The van der Waals surface area contributed by atoms with Gasteiger partial charge in [-0.25, -0.2) is 0 Å². The highest BCUT2D eigenvalue weighted by molar-refractivity contribution is 4.90. The Balaban J connectivity index is 2.51. The summed E-state index contributed by atoms with van der Waals surface area (Å²) in [4.78, 5) is 0. The van der Waals surface area contributed by atoms with Crippen LogP contribution < -0.4 is 5.32 Å². The maximum absolute atomic E-state index is 5.68. The smallest absolute Gasteiger partial charge is 0.0616 e. The second-order valence-corrected chi connectivity index (χ2v) is 4.16. The van der Waals surface area contributed by atoms with Crippen LogP contribution in [0.3, 0.4) is 0 Å². The third-order valence-corrected chi connectivity index (χ3v) is 3.31. The Kier molecular flexibility index (Phi) is 4.20. The maximum Gasteiger partial charge on any atom is 0.0616 e. The van der Waals surface area contributed by atoms with Crippen molar-refractivity contribution in [2.24, 2.45) is 5.41 Å². The third-order valence-electron chi connectivity index (χ3n) is 3.31. The molecule has 1 aliphatic rings. The second kappa shape index (κ2) is 4.97. The minimum Gasteiger partial charge on any atom is -0.378 e. The highest BCUT2D eigenvalue weighted by Gasteiger charge is 2.39. The summed E-state index contributed by atoms with van der Waals surface area (Å²) >= 11 is 0. The third kappa shape index (κ3) is 2.44. The summed E-state index contributed by atoms with van der Waals surface area (Å²) in [5.41, 5.74) is 0.421. The molecule has 0 aliphatic carbocycles. The summed E-state index contributed by atoms with van der Waals surface area (Å²) < 4.78 is 5.68. The van der Waals surface area contributed by atoms with E-state index in [1.807, 2.05) is 0 Å². The minimum atomic E-state index is 0.421. The summed E-state index contributed by atoms with van der Waals surface area (Å²) in [6.45, 7) is 9.79. The van der Waals surface area contributed by atoms with Crippen LogP contribution in [0.1, 0.15) is 40.0 Å². The van der Waals surface area contributed by atoms with Gasteiger partial charge in [0.2, 0.25) is 0 Å². The van der Waals surface area contributed by atoms with E-state index in [1.165, 1.54) is 19.3 Å². The molecule has 1 heterocycles. The van der Waals surface area contributed by atoms with Crippen molar-refractivity contribution in [3.8, 4) is 0 Å². The van der Waals surface area contributed by atoms with E-state index in [-0.39, 0.29) is 0 Å². The number of hydrogen-bond acceptors (Lipinski definition) is 2. The predicted molar refractivity (Wildman–Crippen MR) is 55.9 cm³/mol. The Hall–Kier alpha value is -0.0800. The lowest BCUT2D eigenvalue weighted by molar-refractivity contribution is 0.0583. The summed E-state index contributed by atoms with van der Waals surface area (Å²) in [5.74, 6) is 0. The molecule has 13 heavy (non-hydrogen) atoms. The van der Waals surface area contributed by atoms with E-state index in [2.05, 4.69) is 26.1 Å². The molecule has 2 heteroatoms. The monoisotopic (exact) mass is 185 g/mol. The van der Waals surface area contributed by atoms with Crippen LogP contribution in [0.5, 0.6) is 0 Å². The van der Waals surface area contributed by atoms with Gasteiger partial charge in [-0.3, -0.25) is 0 Å². The number of ether oxygens (including phenoxy) is 1. The molecule has 2 atom stereocenters. The topological polar surface area (TPSA) is 21.3 Å². The Morgan fingerprint density at radius 1 is 1.46 bits per heavy atom. The zero-order valence-electron chi connectivity index (χ0n) is 9.23. The molecule has 1 rings (SSSR count). The van der Waals surface area contributed by atoms with E-state index in [4.69, 9.17) is 4.74 Å². The van der Waals surface area contributed by atoms with Crippen LogP contribution >= 0.6 is 0 Å². The maximum atomic E-state index is 5.68. The molecule has 1 fully saturated rings. The van der Waals surface area contributed by atoms with Gasteiger partial charge in [0.15, 0.2) is 0 Å². The van der Waals surface area contributed by atoms with Crippen molar-refractivity contribution < 1.29 is 4.74 Å². The number of hydrogen-bond donors (Lipinski definition) is 1. The van der Waals surface area contributed by atoms with Crippen LogP contribution in [0.25, 0.3) is 0 Å². The number of rotatable bonds is 5. The molecule has 1 N–H and O–H groups in total. The van der Waals surface area contributed by atoms with E-state index in [1.54, 1.807) is 0 Å². The van der Waals surface area contributed by atoms with Gasteiger partial charge in [0.25, 0.3) is 0 Å². The molecule has 0 aromatic rings. The lowest BCUT2D eigenvalue weighted by Crippen LogP contribution is -2.39. The molecule has 2 nitrogen and oxygen atoms in total. The molecule has 2 unspecified atom stereocenters. The SMILES string of the molecule is CCCC1(CNCC)CCOC1C. The molecule has 78 valence electrons. The molecule has 1 aliphatic heterocycles. The van der Waals surface area contributed by atoms with E-state index < -0.39 is 0 Å². The fourth-order valence-electron chi connectivity index (χ4n) is 2.34. The van der Waals surface area contributed by atoms with Crippen molar-refractivity contribution in [2.45, 2.75) is 46.1 Å². The molecule has 0 bridgehead atoms. The lowest BCUT2D eigenvalue weighted by Gasteiger charge is -2.32. The minimum absolute atomic E-state index is 0.421. The number of nitrogens with one attached hydrogen (secondary N) is 1. The average Bonchev–Trinajstić information content (AvgIpc) is 2.46. The molecular formula is C11H23NO. The van der Waals surface area contributed by atoms with Crippen LogP contribution in [0, 0.1) is 5.41 Å². The van der Waals surface area contributed by atoms with Crippen LogP contribution in [0.15, 0.2) is 0 Å². The van der Waals surface area contributed by atoms with E-state index >= 15 is 0 Å². The van der Waals surface area contributed by atoms with Gasteiger partial charge in [0.05, 0.1) is 6.10 Å². The van der Waals surface area contributed by atoms with Gasteiger partial charge in [0.1, 0.15) is 0 Å². The highest BCUT2D eigenvalue weighted by atomic mass is 16.5. The van der Waals surface area contributed by atoms with Gasteiger partial charge in [0, 0.05) is 18.6 Å². The normalized spacial score (nSPS) is 33.9. The Morgan fingerprint density at radius 3 is 2.69 bits per heavy atom.